The van der Waals surface area contributed by atoms with E-state index in [0.717, 1.165) is 41.8 Å². The summed E-state index contributed by atoms with van der Waals surface area (Å²) in [7, 11) is 0. The molecule has 5 rings (SSSR count). The highest BCUT2D eigenvalue weighted by atomic mass is 16.5. The molecule has 1 aliphatic rings. The largest absolute Gasteiger partial charge is 0.378 e. The molecule has 0 radical (unpaired) electrons. The third kappa shape index (κ3) is 3.34. The first-order chi connectivity index (χ1) is 14.6. The highest BCUT2D eigenvalue weighted by molar-refractivity contribution is 5.91. The maximum atomic E-state index is 11.8. The lowest BCUT2D eigenvalue weighted by atomic mass is 10.2. The Bertz CT molecular complexity index is 1240. The van der Waals surface area contributed by atoms with Gasteiger partial charge in [0.1, 0.15) is 17.0 Å². The summed E-state index contributed by atoms with van der Waals surface area (Å²) in [4.78, 5) is 25.5. The number of aryl methyl sites for hydroxylation is 1. The number of carbonyl (C=O) groups excluding carboxylic acids is 1. The molecule has 0 saturated carbocycles. The van der Waals surface area contributed by atoms with E-state index in [1.165, 1.54) is 6.20 Å². The molecule has 1 amide bonds. The van der Waals surface area contributed by atoms with Gasteiger partial charge < -0.3 is 15.8 Å². The van der Waals surface area contributed by atoms with Gasteiger partial charge in [0.05, 0.1) is 36.8 Å². The molecular weight excluding hydrogens is 382 g/mol. The maximum absolute atomic E-state index is 11.8. The topological polar surface area (TPSA) is 112 Å². The number of fused-ring (bicyclic) bond motifs is 1. The van der Waals surface area contributed by atoms with Gasteiger partial charge in [-0.2, -0.15) is 0 Å². The molecule has 0 aliphatic carbocycles. The monoisotopic (exact) mass is 403 g/mol. The van der Waals surface area contributed by atoms with E-state index in [1.54, 1.807) is 4.40 Å². The molecule has 0 spiro atoms. The molecule has 0 bridgehead atoms. The number of nitrogens with one attached hydrogen (secondary N) is 1. The summed E-state index contributed by atoms with van der Waals surface area (Å²) >= 11 is 0. The molecule has 1 fully saturated rings. The number of imidazole rings is 2. The number of nitrogens with two attached hydrogens (primary N) is 1. The van der Waals surface area contributed by atoms with E-state index in [1.807, 2.05) is 54.2 Å². The van der Waals surface area contributed by atoms with Crippen molar-refractivity contribution in [1.29, 1.82) is 0 Å². The van der Waals surface area contributed by atoms with Crippen LogP contribution in [0.15, 0.2) is 48.9 Å². The van der Waals surface area contributed by atoms with E-state index < -0.39 is 5.91 Å². The zero-order valence-corrected chi connectivity index (χ0v) is 16.4. The number of rotatable bonds is 6. The van der Waals surface area contributed by atoms with Crippen LogP contribution in [0.2, 0.25) is 0 Å². The lowest BCUT2D eigenvalue weighted by Gasteiger charge is -2.26. The van der Waals surface area contributed by atoms with E-state index in [2.05, 4.69) is 15.3 Å². The Morgan fingerprint density at radius 3 is 2.83 bits per heavy atom. The second-order valence-corrected chi connectivity index (χ2v) is 7.33. The molecule has 30 heavy (non-hydrogen) atoms. The Balaban J connectivity index is 1.60. The van der Waals surface area contributed by atoms with Gasteiger partial charge in [-0.1, -0.05) is 6.07 Å². The molecular formula is C21H21N7O2. The number of hydrogen-bond donors (Lipinski definition) is 2. The Morgan fingerprint density at radius 2 is 2.10 bits per heavy atom. The van der Waals surface area contributed by atoms with Gasteiger partial charge >= 0.3 is 0 Å². The quantitative estimate of drug-likeness (QED) is 0.504. The highest BCUT2D eigenvalue weighted by Crippen LogP contribution is 2.23. The molecule has 152 valence electrons. The zero-order valence-electron chi connectivity index (χ0n) is 16.4. The van der Waals surface area contributed by atoms with Crippen molar-refractivity contribution in [1.82, 2.24) is 29.2 Å². The molecule has 9 heteroatoms. The highest BCUT2D eigenvalue weighted by Gasteiger charge is 2.19. The normalized spacial score (nSPS) is 14.2. The van der Waals surface area contributed by atoms with Gasteiger partial charge in [-0.25, -0.2) is 15.0 Å². The SMILES string of the molecule is Cc1cccc(-c2nc(CNC3COC3)cn2-c2ccc3ncc(C(N)=O)n3c2)n1. The van der Waals surface area contributed by atoms with E-state index >= 15 is 0 Å². The number of aromatic nitrogens is 5. The van der Waals surface area contributed by atoms with Crippen molar-refractivity contribution in [3.63, 3.8) is 0 Å². The van der Waals surface area contributed by atoms with Gasteiger partial charge in [-0.15, -0.1) is 0 Å². The van der Waals surface area contributed by atoms with Crippen LogP contribution in [0.1, 0.15) is 21.9 Å². The fourth-order valence-electron chi connectivity index (χ4n) is 3.46. The van der Waals surface area contributed by atoms with E-state index in [4.69, 9.17) is 15.5 Å². The lowest BCUT2D eigenvalue weighted by molar-refractivity contribution is -0.00589. The van der Waals surface area contributed by atoms with Gasteiger partial charge in [-0.3, -0.25) is 13.8 Å². The molecule has 1 saturated heterocycles. The summed E-state index contributed by atoms with van der Waals surface area (Å²) in [5.41, 5.74) is 9.87. The average molecular weight is 403 g/mol. The lowest BCUT2D eigenvalue weighted by Crippen LogP contribution is -2.45. The fraction of sp³-hybridized carbons (Fsp3) is 0.238. The van der Waals surface area contributed by atoms with Crippen LogP contribution in [0.4, 0.5) is 0 Å². The van der Waals surface area contributed by atoms with Gasteiger partial charge in [0.2, 0.25) is 0 Å². The van der Waals surface area contributed by atoms with Crippen molar-refractivity contribution < 1.29 is 9.53 Å². The predicted octanol–water partition coefficient (Wildman–Crippen LogP) is 1.48. The van der Waals surface area contributed by atoms with Gasteiger partial charge in [0, 0.05) is 24.6 Å². The van der Waals surface area contributed by atoms with Crippen LogP contribution in [0, 0.1) is 6.92 Å². The van der Waals surface area contributed by atoms with E-state index in [9.17, 15) is 4.79 Å². The number of ether oxygens (including phenoxy) is 1. The van der Waals surface area contributed by atoms with Crippen molar-refractivity contribution in [2.75, 3.05) is 13.2 Å². The average Bonchev–Trinajstić information content (AvgIpc) is 3.30. The number of primary amides is 1. The van der Waals surface area contributed by atoms with Crippen LogP contribution in [0.3, 0.4) is 0 Å². The molecule has 9 nitrogen and oxygen atoms in total. The molecule has 0 unspecified atom stereocenters. The maximum Gasteiger partial charge on any atom is 0.267 e. The van der Waals surface area contributed by atoms with Gasteiger partial charge in [-0.05, 0) is 31.2 Å². The summed E-state index contributed by atoms with van der Waals surface area (Å²) in [5.74, 6) is 0.193. The molecule has 3 N–H and O–H groups in total. The van der Waals surface area contributed by atoms with Crippen molar-refractivity contribution >= 4 is 11.6 Å². The third-order valence-corrected chi connectivity index (χ3v) is 5.10. The molecule has 4 aromatic heterocycles. The summed E-state index contributed by atoms with van der Waals surface area (Å²) in [6, 6.07) is 9.99. The second-order valence-electron chi connectivity index (χ2n) is 7.33. The molecule has 4 aromatic rings. The van der Waals surface area contributed by atoms with Crippen LogP contribution in [0.5, 0.6) is 0 Å². The summed E-state index contributed by atoms with van der Waals surface area (Å²) < 4.78 is 8.88. The first-order valence-corrected chi connectivity index (χ1v) is 9.69. The van der Waals surface area contributed by atoms with E-state index in [0.29, 0.717) is 23.9 Å². The Hall–Kier alpha value is -3.56. The molecule has 0 aromatic carbocycles. The molecule has 0 atom stereocenters. The summed E-state index contributed by atoms with van der Waals surface area (Å²) in [5, 5.41) is 3.44. The van der Waals surface area contributed by atoms with Gasteiger partial charge in [0.25, 0.3) is 5.91 Å². The predicted molar refractivity (Wildman–Crippen MR) is 110 cm³/mol. The van der Waals surface area contributed by atoms with Crippen molar-refractivity contribution in [2.45, 2.75) is 19.5 Å². The fourth-order valence-corrected chi connectivity index (χ4v) is 3.46. The molecule has 1 aliphatic heterocycles. The van der Waals surface area contributed by atoms with Crippen LogP contribution in [0.25, 0.3) is 22.9 Å². The number of nitrogens with zero attached hydrogens (tertiary/aromatic N) is 5. The first-order valence-electron chi connectivity index (χ1n) is 9.69. The number of pyridine rings is 2. The Kier molecular flexibility index (Phi) is 4.53. The summed E-state index contributed by atoms with van der Waals surface area (Å²) in [6.45, 7) is 4.02. The van der Waals surface area contributed by atoms with Crippen LogP contribution in [-0.2, 0) is 11.3 Å². The smallest absolute Gasteiger partial charge is 0.267 e. The van der Waals surface area contributed by atoms with Crippen molar-refractivity contribution in [2.24, 2.45) is 5.73 Å². The standard InChI is InChI=1S/C21H21N7O2/c1-13-3-2-4-17(25-13)21-26-14(7-23-15-11-30-12-15)9-27(21)16-5-6-19-24-8-18(20(22)29)28(19)10-16/h2-6,8-10,15,23H,7,11-12H2,1H3,(H2,22,29). The van der Waals surface area contributed by atoms with Crippen LogP contribution < -0.4 is 11.1 Å². The number of amides is 1. The van der Waals surface area contributed by atoms with Crippen molar-refractivity contribution in [3.05, 3.63) is 66.0 Å². The second kappa shape index (κ2) is 7.36. The number of hydrogen-bond acceptors (Lipinski definition) is 6. The summed E-state index contributed by atoms with van der Waals surface area (Å²) in [6.07, 6.45) is 5.29. The van der Waals surface area contributed by atoms with Crippen LogP contribution >= 0.6 is 0 Å². The minimum atomic E-state index is -0.529. The van der Waals surface area contributed by atoms with E-state index in [-0.39, 0.29) is 0 Å². The Morgan fingerprint density at radius 1 is 1.23 bits per heavy atom. The number of carbonyl (C=O) groups is 1. The molecule has 5 heterocycles. The third-order valence-electron chi connectivity index (χ3n) is 5.10. The minimum absolute atomic E-state index is 0.328. The minimum Gasteiger partial charge on any atom is -0.378 e. The van der Waals surface area contributed by atoms with Gasteiger partial charge in [0.15, 0.2) is 5.82 Å². The zero-order chi connectivity index (χ0) is 20.7. The van der Waals surface area contributed by atoms with Crippen LogP contribution in [-0.4, -0.2) is 49.1 Å². The van der Waals surface area contributed by atoms with Crippen molar-refractivity contribution in [3.8, 4) is 17.2 Å². The first kappa shape index (κ1) is 18.5. The Labute approximate surface area is 172 Å².